The molecule has 2 N–H and O–H groups in total. The summed E-state index contributed by atoms with van der Waals surface area (Å²) in [5, 5.41) is 0. The van der Waals surface area contributed by atoms with Gasteiger partial charge in [0.1, 0.15) is 4.90 Å². The van der Waals surface area contributed by atoms with Crippen LogP contribution >= 0.6 is 0 Å². The molecule has 0 atom stereocenters. The van der Waals surface area contributed by atoms with Crippen LogP contribution in [0.3, 0.4) is 0 Å². The minimum absolute atomic E-state index is 0.0833. The molecule has 0 spiro atoms. The number of sulfonamides is 1. The first-order valence-corrected chi connectivity index (χ1v) is 8.83. The molecule has 0 aromatic carbocycles. The van der Waals surface area contributed by atoms with Gasteiger partial charge in [0.2, 0.25) is 16.0 Å². The highest BCUT2D eigenvalue weighted by molar-refractivity contribution is 7.89. The Kier molecular flexibility index (Phi) is 4.10. The van der Waals surface area contributed by atoms with Crippen molar-refractivity contribution in [3.8, 4) is 0 Å². The number of nitrogen functional groups attached to an aromatic ring is 1. The van der Waals surface area contributed by atoms with Crippen LogP contribution in [0.2, 0.25) is 0 Å². The van der Waals surface area contributed by atoms with Gasteiger partial charge in [0.15, 0.2) is 0 Å². The lowest BCUT2D eigenvalue weighted by Crippen LogP contribution is -2.51. The summed E-state index contributed by atoms with van der Waals surface area (Å²) in [4.78, 5) is 10.1. The Labute approximate surface area is 125 Å². The summed E-state index contributed by atoms with van der Waals surface area (Å²) in [6.07, 6.45) is 7.65. The zero-order valence-electron chi connectivity index (χ0n) is 12.0. The lowest BCUT2D eigenvalue weighted by atomic mass is 10.2. The van der Waals surface area contributed by atoms with Gasteiger partial charge >= 0.3 is 0 Å². The predicted molar refractivity (Wildman–Crippen MR) is 79.0 cm³/mol. The number of hydrogen-bond donors (Lipinski definition) is 1. The smallest absolute Gasteiger partial charge is 0.246 e. The van der Waals surface area contributed by atoms with Crippen molar-refractivity contribution >= 4 is 16.0 Å². The summed E-state index contributed by atoms with van der Waals surface area (Å²) in [7, 11) is -3.50. The van der Waals surface area contributed by atoms with Crippen LogP contribution in [0.25, 0.3) is 0 Å². The third-order valence-corrected chi connectivity index (χ3v) is 6.25. The lowest BCUT2D eigenvalue weighted by molar-refractivity contribution is 0.139. The van der Waals surface area contributed by atoms with E-state index in [0.29, 0.717) is 19.1 Å². The second-order valence-electron chi connectivity index (χ2n) is 5.66. The van der Waals surface area contributed by atoms with Crippen molar-refractivity contribution in [2.75, 3.05) is 31.9 Å². The van der Waals surface area contributed by atoms with Crippen LogP contribution in [0, 0.1) is 0 Å². The second kappa shape index (κ2) is 5.86. The highest BCUT2D eigenvalue weighted by atomic mass is 32.2. The van der Waals surface area contributed by atoms with Gasteiger partial charge in [-0.15, -0.1) is 0 Å². The van der Waals surface area contributed by atoms with E-state index in [1.165, 1.54) is 42.4 Å². The van der Waals surface area contributed by atoms with E-state index >= 15 is 0 Å². The van der Waals surface area contributed by atoms with Gasteiger partial charge in [-0.2, -0.15) is 4.31 Å². The average molecular weight is 311 g/mol. The Balaban J connectivity index is 1.66. The Bertz CT molecular complexity index is 575. The maximum Gasteiger partial charge on any atom is 0.246 e. The fourth-order valence-corrected chi connectivity index (χ4v) is 4.50. The molecule has 2 fully saturated rings. The summed E-state index contributed by atoms with van der Waals surface area (Å²) in [6.45, 7) is 2.67. The summed E-state index contributed by atoms with van der Waals surface area (Å²) >= 11 is 0. The summed E-state index contributed by atoms with van der Waals surface area (Å²) < 4.78 is 26.5. The molecule has 3 rings (SSSR count). The van der Waals surface area contributed by atoms with E-state index in [1.807, 2.05) is 0 Å². The first-order valence-electron chi connectivity index (χ1n) is 7.39. The largest absolute Gasteiger partial charge is 0.368 e. The Morgan fingerprint density at radius 1 is 1.05 bits per heavy atom. The average Bonchev–Trinajstić information content (AvgIpc) is 3.02. The maximum atomic E-state index is 12.5. The number of piperazine rings is 1. The quantitative estimate of drug-likeness (QED) is 0.863. The van der Waals surface area contributed by atoms with E-state index in [9.17, 15) is 8.42 Å². The molecule has 1 aromatic rings. The van der Waals surface area contributed by atoms with Crippen LogP contribution in [-0.2, 0) is 10.0 Å². The van der Waals surface area contributed by atoms with E-state index < -0.39 is 10.0 Å². The number of nitrogens with zero attached hydrogens (tertiary/aromatic N) is 4. The lowest BCUT2D eigenvalue weighted by Gasteiger charge is -2.37. The maximum absolute atomic E-state index is 12.5. The number of nitrogens with two attached hydrogens (primary N) is 1. The Hall–Kier alpha value is -1.25. The third-order valence-electron chi connectivity index (χ3n) is 4.40. The van der Waals surface area contributed by atoms with Gasteiger partial charge in [0.05, 0.1) is 12.4 Å². The molecule has 0 bridgehead atoms. The molecule has 116 valence electrons. The molecular formula is C13H21N5O2S. The van der Waals surface area contributed by atoms with Crippen molar-refractivity contribution in [2.24, 2.45) is 0 Å². The first-order chi connectivity index (χ1) is 10.1. The second-order valence-corrected chi connectivity index (χ2v) is 7.59. The van der Waals surface area contributed by atoms with Crippen LogP contribution in [0.15, 0.2) is 17.3 Å². The van der Waals surface area contributed by atoms with Gasteiger partial charge in [-0.05, 0) is 12.8 Å². The van der Waals surface area contributed by atoms with Crippen molar-refractivity contribution < 1.29 is 8.42 Å². The highest BCUT2D eigenvalue weighted by Crippen LogP contribution is 2.25. The number of hydrogen-bond acceptors (Lipinski definition) is 6. The zero-order chi connectivity index (χ0) is 14.9. The highest BCUT2D eigenvalue weighted by Gasteiger charge is 2.32. The molecule has 1 aliphatic carbocycles. The molecule has 2 heterocycles. The monoisotopic (exact) mass is 311 g/mol. The standard InChI is InChI=1S/C13H21N5O2S/c14-13-15-9-12(10-16-13)21(19,20)18-7-5-17(6-8-18)11-3-1-2-4-11/h9-11H,1-8H2,(H2,14,15,16). The topological polar surface area (TPSA) is 92.4 Å². The molecule has 1 aliphatic heterocycles. The molecule has 1 aromatic heterocycles. The van der Waals surface area contributed by atoms with Gasteiger partial charge in [0, 0.05) is 32.2 Å². The minimum atomic E-state index is -3.50. The molecule has 0 amide bonds. The van der Waals surface area contributed by atoms with Gasteiger partial charge in [0.25, 0.3) is 0 Å². The molecule has 21 heavy (non-hydrogen) atoms. The predicted octanol–water partition coefficient (Wildman–Crippen LogP) is 0.308. The Morgan fingerprint density at radius 3 is 2.19 bits per heavy atom. The molecular weight excluding hydrogens is 290 g/mol. The van der Waals surface area contributed by atoms with Crippen molar-refractivity contribution in [2.45, 2.75) is 36.6 Å². The molecule has 0 unspecified atom stereocenters. The van der Waals surface area contributed by atoms with Crippen molar-refractivity contribution in [3.05, 3.63) is 12.4 Å². The zero-order valence-corrected chi connectivity index (χ0v) is 12.8. The molecule has 2 aliphatic rings. The van der Waals surface area contributed by atoms with Gasteiger partial charge in [-0.3, -0.25) is 4.90 Å². The molecule has 1 saturated carbocycles. The van der Waals surface area contributed by atoms with Gasteiger partial charge in [-0.25, -0.2) is 18.4 Å². The SMILES string of the molecule is Nc1ncc(S(=O)(=O)N2CCN(C3CCCC3)CC2)cn1. The Morgan fingerprint density at radius 2 is 1.62 bits per heavy atom. The molecule has 8 heteroatoms. The normalized spacial score (nSPS) is 22.7. The van der Waals surface area contributed by atoms with Crippen LogP contribution in [0.4, 0.5) is 5.95 Å². The van der Waals surface area contributed by atoms with Crippen LogP contribution in [-0.4, -0.2) is 59.8 Å². The van der Waals surface area contributed by atoms with E-state index in [0.717, 1.165) is 13.1 Å². The van der Waals surface area contributed by atoms with E-state index in [2.05, 4.69) is 14.9 Å². The van der Waals surface area contributed by atoms with Gasteiger partial charge in [-0.1, -0.05) is 12.8 Å². The van der Waals surface area contributed by atoms with Crippen LogP contribution in [0.1, 0.15) is 25.7 Å². The summed E-state index contributed by atoms with van der Waals surface area (Å²) in [5.74, 6) is 0.0833. The van der Waals surface area contributed by atoms with Crippen LogP contribution in [0.5, 0.6) is 0 Å². The van der Waals surface area contributed by atoms with Gasteiger partial charge < -0.3 is 5.73 Å². The molecule has 1 saturated heterocycles. The summed E-state index contributed by atoms with van der Waals surface area (Å²) in [5.41, 5.74) is 5.40. The van der Waals surface area contributed by atoms with Crippen molar-refractivity contribution in [1.29, 1.82) is 0 Å². The van der Waals surface area contributed by atoms with Crippen molar-refractivity contribution in [1.82, 2.24) is 19.2 Å². The van der Waals surface area contributed by atoms with E-state index in [1.54, 1.807) is 0 Å². The number of rotatable bonds is 3. The van der Waals surface area contributed by atoms with E-state index in [-0.39, 0.29) is 10.8 Å². The van der Waals surface area contributed by atoms with Crippen LogP contribution < -0.4 is 5.73 Å². The molecule has 0 radical (unpaired) electrons. The van der Waals surface area contributed by atoms with Crippen molar-refractivity contribution in [3.63, 3.8) is 0 Å². The summed E-state index contributed by atoms with van der Waals surface area (Å²) in [6, 6.07) is 0.648. The fourth-order valence-electron chi connectivity index (χ4n) is 3.19. The fraction of sp³-hybridized carbons (Fsp3) is 0.692. The third kappa shape index (κ3) is 3.02. The minimum Gasteiger partial charge on any atom is -0.368 e. The number of anilines is 1. The number of aromatic nitrogens is 2. The molecule has 7 nitrogen and oxygen atoms in total. The van der Waals surface area contributed by atoms with E-state index in [4.69, 9.17) is 5.73 Å². The first kappa shape index (κ1) is 14.7.